The number of esters is 4. The number of carbonyl (C=O) groups excluding carboxylic acids is 4. The minimum atomic E-state index is -1.50. The van der Waals surface area contributed by atoms with Crippen LogP contribution < -0.4 is 15.2 Å². The summed E-state index contributed by atoms with van der Waals surface area (Å²) >= 11 is 0. The average molecular weight is 550 g/mol. The Labute approximate surface area is 233 Å². The fourth-order valence-corrected chi connectivity index (χ4v) is 4.01. The maximum Gasteiger partial charge on any atom is 0.326 e. The molecule has 2 N–H and O–H groups in total. The number of hydrogen-bond donors (Lipinski definition) is 1. The molecule has 0 aliphatic rings. The molecule has 0 saturated heterocycles. The van der Waals surface area contributed by atoms with Crippen molar-refractivity contribution in [2.45, 2.75) is 98.4 Å². The molecule has 1 aromatic rings. The summed E-state index contributed by atoms with van der Waals surface area (Å²) in [6.45, 7) is 11.4. The van der Waals surface area contributed by atoms with Crippen molar-refractivity contribution < 1.29 is 38.1 Å². The second-order valence-electron chi connectivity index (χ2n) is 10.5. The van der Waals surface area contributed by atoms with Gasteiger partial charge in [0, 0.05) is 19.3 Å². The van der Waals surface area contributed by atoms with Crippen LogP contribution in [0.2, 0.25) is 0 Å². The number of hydrogen-bond acceptors (Lipinski definition) is 9. The summed E-state index contributed by atoms with van der Waals surface area (Å²) in [6.07, 6.45) is 4.12. The molecule has 0 radical (unpaired) electrons. The first-order chi connectivity index (χ1) is 18.4. The van der Waals surface area contributed by atoms with Crippen molar-refractivity contribution >= 4 is 23.9 Å². The van der Waals surface area contributed by atoms with Crippen molar-refractivity contribution in [2.24, 2.45) is 23.5 Å². The van der Waals surface area contributed by atoms with Crippen molar-refractivity contribution in [1.82, 2.24) is 0 Å². The molecule has 0 aromatic heterocycles. The van der Waals surface area contributed by atoms with Crippen LogP contribution in [0.25, 0.3) is 0 Å². The molecule has 3 unspecified atom stereocenters. The van der Waals surface area contributed by atoms with Gasteiger partial charge in [0.25, 0.3) is 0 Å². The maximum atomic E-state index is 12.7. The third-order valence-corrected chi connectivity index (χ3v) is 6.81. The lowest BCUT2D eigenvalue weighted by Crippen LogP contribution is -2.51. The topological polar surface area (TPSA) is 131 Å². The summed E-state index contributed by atoms with van der Waals surface area (Å²) in [5.41, 5.74) is 5.52. The molecule has 0 amide bonds. The SMILES string of the molecule is CCCC(C)C(=O)Oc1ccc(C[C@](N)(CCOC(=O)CC(C)CC)C(=O)OC)cc1OC(=O)C(C)CCC. The van der Waals surface area contributed by atoms with E-state index in [2.05, 4.69) is 0 Å². The summed E-state index contributed by atoms with van der Waals surface area (Å²) in [5, 5.41) is 0. The van der Waals surface area contributed by atoms with Gasteiger partial charge in [0.2, 0.25) is 0 Å². The fourth-order valence-electron chi connectivity index (χ4n) is 4.01. The van der Waals surface area contributed by atoms with Crippen LogP contribution in [0.3, 0.4) is 0 Å². The van der Waals surface area contributed by atoms with E-state index in [4.69, 9.17) is 24.7 Å². The van der Waals surface area contributed by atoms with Crippen LogP contribution >= 0.6 is 0 Å². The van der Waals surface area contributed by atoms with E-state index in [1.165, 1.54) is 13.2 Å². The molecular weight excluding hydrogens is 502 g/mol. The Balaban J connectivity index is 3.20. The molecule has 4 atom stereocenters. The fraction of sp³-hybridized carbons (Fsp3) is 0.667. The maximum absolute atomic E-state index is 12.7. The molecule has 1 aromatic carbocycles. The van der Waals surface area contributed by atoms with E-state index in [-0.39, 0.29) is 61.1 Å². The third kappa shape index (κ3) is 11.4. The van der Waals surface area contributed by atoms with Crippen LogP contribution in [0.5, 0.6) is 11.5 Å². The Morgan fingerprint density at radius 3 is 1.97 bits per heavy atom. The van der Waals surface area contributed by atoms with E-state index in [1.807, 2.05) is 27.7 Å². The number of rotatable bonds is 17. The van der Waals surface area contributed by atoms with Crippen LogP contribution in [0, 0.1) is 17.8 Å². The molecule has 0 spiro atoms. The minimum absolute atomic E-state index is 0.0120. The van der Waals surface area contributed by atoms with Gasteiger partial charge in [0.15, 0.2) is 11.5 Å². The summed E-state index contributed by atoms with van der Waals surface area (Å²) in [7, 11) is 1.24. The highest BCUT2D eigenvalue weighted by Gasteiger charge is 2.36. The van der Waals surface area contributed by atoms with Gasteiger partial charge in [0.05, 0.1) is 25.6 Å². The lowest BCUT2D eigenvalue weighted by Gasteiger charge is -2.27. The summed E-state index contributed by atoms with van der Waals surface area (Å²) in [6, 6.07) is 4.73. The zero-order valence-electron chi connectivity index (χ0n) is 24.7. The Bertz CT molecular complexity index is 962. The first kappa shape index (κ1) is 34.1. The standard InChI is InChI=1S/C30H47NO8/c1-8-11-21(5)27(33)38-24-14-13-23(18-25(24)39-28(34)22(6)12-9-2)19-30(31,29(35)36-7)15-16-37-26(32)17-20(4)10-3/h13-14,18,20-22H,8-12,15-17,19,31H2,1-7H3/t20?,21?,22?,30-/m1/s1. The number of benzene rings is 1. The lowest BCUT2D eigenvalue weighted by molar-refractivity contribution is -0.151. The van der Waals surface area contributed by atoms with E-state index in [0.717, 1.165) is 19.3 Å². The molecule has 220 valence electrons. The summed E-state index contributed by atoms with van der Waals surface area (Å²) < 4.78 is 21.5. The van der Waals surface area contributed by atoms with Gasteiger partial charge in [-0.3, -0.25) is 19.2 Å². The van der Waals surface area contributed by atoms with Crippen molar-refractivity contribution in [3.05, 3.63) is 23.8 Å². The second-order valence-corrected chi connectivity index (χ2v) is 10.5. The molecule has 0 saturated carbocycles. The van der Waals surface area contributed by atoms with Gasteiger partial charge >= 0.3 is 23.9 Å². The Kier molecular flexibility index (Phi) is 14.8. The normalized spacial score (nSPS) is 14.9. The number of carbonyl (C=O) groups is 4. The molecule has 9 nitrogen and oxygen atoms in total. The highest BCUT2D eigenvalue weighted by atomic mass is 16.6. The molecule has 0 heterocycles. The predicted molar refractivity (Wildman–Crippen MR) is 148 cm³/mol. The molecule has 9 heteroatoms. The predicted octanol–water partition coefficient (Wildman–Crippen LogP) is 5.15. The molecule has 0 bridgehead atoms. The largest absolute Gasteiger partial charge is 0.468 e. The van der Waals surface area contributed by atoms with E-state index < -0.39 is 23.4 Å². The van der Waals surface area contributed by atoms with Crippen LogP contribution in [-0.4, -0.2) is 43.1 Å². The minimum Gasteiger partial charge on any atom is -0.468 e. The lowest BCUT2D eigenvalue weighted by atomic mass is 9.88. The van der Waals surface area contributed by atoms with Crippen LogP contribution in [0.1, 0.15) is 92.1 Å². The van der Waals surface area contributed by atoms with Crippen molar-refractivity contribution in [2.75, 3.05) is 13.7 Å². The summed E-state index contributed by atoms with van der Waals surface area (Å²) in [5.74, 6) is -2.19. The monoisotopic (exact) mass is 549 g/mol. The third-order valence-electron chi connectivity index (χ3n) is 6.81. The zero-order valence-corrected chi connectivity index (χ0v) is 24.7. The van der Waals surface area contributed by atoms with Gasteiger partial charge in [-0.2, -0.15) is 0 Å². The van der Waals surface area contributed by atoms with Gasteiger partial charge in [-0.1, -0.05) is 66.9 Å². The molecule has 39 heavy (non-hydrogen) atoms. The van der Waals surface area contributed by atoms with Crippen molar-refractivity contribution in [1.29, 1.82) is 0 Å². The highest BCUT2D eigenvalue weighted by Crippen LogP contribution is 2.32. The number of nitrogens with two attached hydrogens (primary N) is 1. The van der Waals surface area contributed by atoms with Crippen LogP contribution in [-0.2, 0) is 35.1 Å². The van der Waals surface area contributed by atoms with E-state index in [9.17, 15) is 19.2 Å². The van der Waals surface area contributed by atoms with Gasteiger partial charge in [-0.15, -0.1) is 0 Å². The first-order valence-corrected chi connectivity index (χ1v) is 14.0. The molecule has 0 aliphatic carbocycles. The summed E-state index contributed by atoms with van der Waals surface area (Å²) in [4.78, 5) is 50.1. The highest BCUT2D eigenvalue weighted by molar-refractivity contribution is 5.81. The van der Waals surface area contributed by atoms with Crippen molar-refractivity contribution in [3.8, 4) is 11.5 Å². The van der Waals surface area contributed by atoms with E-state index in [0.29, 0.717) is 18.4 Å². The molecular formula is C30H47NO8. The molecule has 0 fully saturated rings. The van der Waals surface area contributed by atoms with Crippen molar-refractivity contribution in [3.63, 3.8) is 0 Å². The van der Waals surface area contributed by atoms with E-state index in [1.54, 1.807) is 26.0 Å². The van der Waals surface area contributed by atoms with E-state index >= 15 is 0 Å². The molecule has 0 aliphatic heterocycles. The number of methoxy groups -OCH3 is 1. The number of ether oxygens (including phenoxy) is 4. The van der Waals surface area contributed by atoms with Gasteiger partial charge in [-0.05, 0) is 36.5 Å². The molecule has 1 rings (SSSR count). The smallest absolute Gasteiger partial charge is 0.326 e. The van der Waals surface area contributed by atoms with Gasteiger partial charge in [0.1, 0.15) is 5.54 Å². The Morgan fingerprint density at radius 1 is 0.897 bits per heavy atom. The quantitative estimate of drug-likeness (QED) is 0.207. The Hall–Kier alpha value is -2.94. The van der Waals surface area contributed by atoms with Crippen LogP contribution in [0.4, 0.5) is 0 Å². The first-order valence-electron chi connectivity index (χ1n) is 14.0. The van der Waals surface area contributed by atoms with Gasteiger partial charge in [-0.25, -0.2) is 0 Å². The average Bonchev–Trinajstić information content (AvgIpc) is 2.89. The van der Waals surface area contributed by atoms with Gasteiger partial charge < -0.3 is 24.7 Å². The Morgan fingerprint density at radius 2 is 1.46 bits per heavy atom. The van der Waals surface area contributed by atoms with Crippen LogP contribution in [0.15, 0.2) is 18.2 Å². The zero-order chi connectivity index (χ0) is 29.6. The second kappa shape index (κ2) is 16.9.